The molecule has 0 amide bonds. The lowest BCUT2D eigenvalue weighted by molar-refractivity contribution is -0.166. The summed E-state index contributed by atoms with van der Waals surface area (Å²) in [4.78, 5) is 6.56. The Bertz CT molecular complexity index is 339. The van der Waals surface area contributed by atoms with E-state index in [0.717, 1.165) is 19.3 Å². The van der Waals surface area contributed by atoms with Crippen LogP contribution in [0.15, 0.2) is 0 Å². The molecule has 112 valence electrons. The molecule has 1 aliphatic heterocycles. The molecule has 2 unspecified atom stereocenters. The summed E-state index contributed by atoms with van der Waals surface area (Å²) in [5, 5.41) is 18.2. The fourth-order valence-electron chi connectivity index (χ4n) is 3.40. The molecule has 2 N–H and O–H groups in total. The van der Waals surface area contributed by atoms with E-state index in [1.165, 1.54) is 0 Å². The van der Waals surface area contributed by atoms with Gasteiger partial charge in [-0.3, -0.25) is 14.7 Å². The summed E-state index contributed by atoms with van der Waals surface area (Å²) in [7, 11) is 0. The molecule has 0 aromatic heterocycles. The highest BCUT2D eigenvalue weighted by molar-refractivity contribution is 4.96. The first kappa shape index (κ1) is 16.9. The number of nitrogens with two attached hydrogens (primary N) is 1. The molecule has 0 bridgehead atoms. The quantitative estimate of drug-likeness (QED) is 0.732. The zero-order valence-corrected chi connectivity index (χ0v) is 12.8. The molecule has 1 heterocycles. The fourth-order valence-corrected chi connectivity index (χ4v) is 3.40. The second-order valence-corrected chi connectivity index (χ2v) is 5.02. The first-order chi connectivity index (χ1) is 9.69. The Morgan fingerprint density at radius 2 is 1.15 bits per heavy atom. The molecule has 0 spiro atoms. The highest BCUT2D eigenvalue weighted by Crippen LogP contribution is 2.29. The molecule has 1 rings (SSSR count). The van der Waals surface area contributed by atoms with Gasteiger partial charge in [-0.05, 0) is 19.3 Å². The second kappa shape index (κ2) is 8.18. The Hall–Kier alpha value is -1.18. The highest BCUT2D eigenvalue weighted by atomic mass is 15.6. The van der Waals surface area contributed by atoms with Crippen LogP contribution in [0.1, 0.15) is 40.0 Å². The van der Waals surface area contributed by atoms with Gasteiger partial charge in [0.25, 0.3) is 0 Å². The largest absolute Gasteiger partial charge is 0.318 e. The normalized spacial score (nSPS) is 29.0. The Balaban J connectivity index is 3.17. The van der Waals surface area contributed by atoms with Crippen LogP contribution in [0.25, 0.3) is 0 Å². The third kappa shape index (κ3) is 3.11. The van der Waals surface area contributed by atoms with Crippen molar-refractivity contribution in [2.45, 2.75) is 58.5 Å². The van der Waals surface area contributed by atoms with Crippen molar-refractivity contribution in [3.63, 3.8) is 0 Å². The molecule has 0 aromatic rings. The van der Waals surface area contributed by atoms with E-state index in [4.69, 9.17) is 16.3 Å². The van der Waals surface area contributed by atoms with Gasteiger partial charge in [0.1, 0.15) is 0 Å². The number of hydrogen-bond donors (Lipinski definition) is 1. The SMILES string of the molecule is CCC1N(CN)C(CC)N(CC#N)C(CC)N1CC#N. The molecule has 2 atom stereocenters. The maximum Gasteiger partial charge on any atom is 0.0891 e. The third-order valence-electron chi connectivity index (χ3n) is 4.11. The van der Waals surface area contributed by atoms with Crippen LogP contribution < -0.4 is 5.73 Å². The van der Waals surface area contributed by atoms with Crippen molar-refractivity contribution in [3.8, 4) is 12.1 Å². The van der Waals surface area contributed by atoms with Gasteiger partial charge in [0.15, 0.2) is 0 Å². The molecule has 0 radical (unpaired) electrons. The monoisotopic (exact) mass is 278 g/mol. The summed E-state index contributed by atoms with van der Waals surface area (Å²) in [5.41, 5.74) is 5.95. The summed E-state index contributed by atoms with van der Waals surface area (Å²) < 4.78 is 0. The van der Waals surface area contributed by atoms with E-state index in [9.17, 15) is 0 Å². The smallest absolute Gasteiger partial charge is 0.0891 e. The summed E-state index contributed by atoms with van der Waals surface area (Å²) >= 11 is 0. The lowest BCUT2D eigenvalue weighted by atomic mass is 10.1. The van der Waals surface area contributed by atoms with Crippen LogP contribution in [0.5, 0.6) is 0 Å². The summed E-state index contributed by atoms with van der Waals surface area (Å²) in [6.45, 7) is 7.53. The van der Waals surface area contributed by atoms with Crippen LogP contribution in [0.2, 0.25) is 0 Å². The van der Waals surface area contributed by atoms with Crippen molar-refractivity contribution in [1.29, 1.82) is 10.5 Å². The maximum absolute atomic E-state index is 9.12. The van der Waals surface area contributed by atoms with Crippen molar-refractivity contribution < 1.29 is 0 Å². The van der Waals surface area contributed by atoms with Crippen molar-refractivity contribution in [2.24, 2.45) is 5.73 Å². The highest BCUT2D eigenvalue weighted by Gasteiger charge is 2.43. The molecule has 0 saturated carbocycles. The predicted molar refractivity (Wildman–Crippen MR) is 77.8 cm³/mol. The average Bonchev–Trinajstić information content (AvgIpc) is 2.47. The maximum atomic E-state index is 9.12. The molecule has 0 aromatic carbocycles. The van der Waals surface area contributed by atoms with Gasteiger partial charge >= 0.3 is 0 Å². The molecule has 1 saturated heterocycles. The Morgan fingerprint density at radius 3 is 1.40 bits per heavy atom. The Morgan fingerprint density at radius 1 is 0.800 bits per heavy atom. The van der Waals surface area contributed by atoms with Gasteiger partial charge in [0, 0.05) is 6.67 Å². The van der Waals surface area contributed by atoms with Crippen LogP contribution >= 0.6 is 0 Å². The standard InChI is InChI=1S/C14H26N6/c1-4-12-18(9-7-15)13(5-2)20(11-17)14(6-3)19(12)10-8-16/h12-14H,4-6,9-11,17H2,1-3H3. The van der Waals surface area contributed by atoms with Gasteiger partial charge in [-0.1, -0.05) is 20.8 Å². The lowest BCUT2D eigenvalue weighted by Crippen LogP contribution is -2.71. The van der Waals surface area contributed by atoms with Crippen LogP contribution in [-0.4, -0.2) is 53.0 Å². The lowest BCUT2D eigenvalue weighted by Gasteiger charge is -2.56. The molecular formula is C14H26N6. The summed E-state index contributed by atoms with van der Waals surface area (Å²) in [6.07, 6.45) is 3.22. The van der Waals surface area contributed by atoms with Crippen LogP contribution in [0.3, 0.4) is 0 Å². The molecule has 1 fully saturated rings. The van der Waals surface area contributed by atoms with E-state index in [0.29, 0.717) is 19.8 Å². The van der Waals surface area contributed by atoms with E-state index in [-0.39, 0.29) is 18.5 Å². The number of rotatable bonds is 6. The minimum atomic E-state index is 0.131. The fraction of sp³-hybridized carbons (Fsp3) is 0.857. The average molecular weight is 278 g/mol. The van der Waals surface area contributed by atoms with Crippen molar-refractivity contribution in [3.05, 3.63) is 0 Å². The van der Waals surface area contributed by atoms with Gasteiger partial charge < -0.3 is 5.73 Å². The molecular weight excluding hydrogens is 252 g/mol. The van der Waals surface area contributed by atoms with Crippen LogP contribution in [0.4, 0.5) is 0 Å². The van der Waals surface area contributed by atoms with E-state index >= 15 is 0 Å². The first-order valence-corrected chi connectivity index (χ1v) is 7.41. The number of nitriles is 2. The molecule has 6 nitrogen and oxygen atoms in total. The zero-order valence-electron chi connectivity index (χ0n) is 12.8. The molecule has 20 heavy (non-hydrogen) atoms. The molecule has 6 heteroatoms. The number of nitrogens with zero attached hydrogens (tertiary/aromatic N) is 5. The van der Waals surface area contributed by atoms with E-state index in [1.807, 2.05) is 0 Å². The van der Waals surface area contributed by atoms with Crippen molar-refractivity contribution >= 4 is 0 Å². The van der Waals surface area contributed by atoms with E-state index in [2.05, 4.69) is 47.6 Å². The third-order valence-corrected chi connectivity index (χ3v) is 4.11. The van der Waals surface area contributed by atoms with Crippen molar-refractivity contribution in [2.75, 3.05) is 19.8 Å². The van der Waals surface area contributed by atoms with Crippen molar-refractivity contribution in [1.82, 2.24) is 14.7 Å². The Labute approximate surface area is 122 Å². The molecule has 1 aliphatic rings. The van der Waals surface area contributed by atoms with E-state index < -0.39 is 0 Å². The van der Waals surface area contributed by atoms with Gasteiger partial charge in [-0.15, -0.1) is 0 Å². The first-order valence-electron chi connectivity index (χ1n) is 7.41. The van der Waals surface area contributed by atoms with Crippen LogP contribution in [-0.2, 0) is 0 Å². The zero-order chi connectivity index (χ0) is 15.1. The topological polar surface area (TPSA) is 83.3 Å². The van der Waals surface area contributed by atoms with Gasteiger partial charge in [0.2, 0.25) is 0 Å². The number of hydrogen-bond acceptors (Lipinski definition) is 6. The van der Waals surface area contributed by atoms with E-state index in [1.54, 1.807) is 0 Å². The van der Waals surface area contributed by atoms with Gasteiger partial charge in [0.05, 0.1) is 43.7 Å². The van der Waals surface area contributed by atoms with Gasteiger partial charge in [-0.2, -0.15) is 10.5 Å². The summed E-state index contributed by atoms with van der Waals surface area (Å²) in [5.74, 6) is 0. The Kier molecular flexibility index (Phi) is 6.90. The van der Waals surface area contributed by atoms with Gasteiger partial charge in [-0.25, -0.2) is 0 Å². The van der Waals surface area contributed by atoms with Crippen LogP contribution in [0, 0.1) is 22.7 Å². The minimum Gasteiger partial charge on any atom is -0.318 e. The predicted octanol–water partition coefficient (Wildman–Crippen LogP) is 1.08. The summed E-state index contributed by atoms with van der Waals surface area (Å²) in [6, 6.07) is 4.51. The molecule has 0 aliphatic carbocycles. The second-order valence-electron chi connectivity index (χ2n) is 5.02. The minimum absolute atomic E-state index is 0.131.